The zero-order valence-electron chi connectivity index (χ0n) is 10.1. The van der Waals surface area contributed by atoms with Crippen molar-refractivity contribution < 1.29 is 4.74 Å². The van der Waals surface area contributed by atoms with Gasteiger partial charge in [-0.2, -0.15) is 0 Å². The number of nitrogens with one attached hydrogen (secondary N) is 1. The summed E-state index contributed by atoms with van der Waals surface area (Å²) in [7, 11) is 0. The molecule has 3 rings (SSSR count). The molecule has 1 N–H and O–H groups in total. The summed E-state index contributed by atoms with van der Waals surface area (Å²) in [6, 6.07) is 4.39. The molecule has 4 heteroatoms. The number of aryl methyl sites for hydroxylation is 2. The van der Waals surface area contributed by atoms with E-state index >= 15 is 0 Å². The Labute approximate surface area is 108 Å². The van der Waals surface area contributed by atoms with E-state index in [4.69, 9.17) is 4.74 Å². The standard InChI is InChI=1S/C13H16N2O.ClH/c1-8-5-9(2)12-10(6-8)7-11(16-12)13-14-3-4-15-13;/h5-6,11H,3-4,7H2,1-2H3,(H,14,15);1H. The van der Waals surface area contributed by atoms with E-state index in [0.717, 1.165) is 31.1 Å². The highest BCUT2D eigenvalue weighted by Crippen LogP contribution is 2.33. The van der Waals surface area contributed by atoms with Crippen molar-refractivity contribution in [2.24, 2.45) is 4.99 Å². The van der Waals surface area contributed by atoms with Gasteiger partial charge in [0.15, 0.2) is 6.10 Å². The highest BCUT2D eigenvalue weighted by molar-refractivity contribution is 5.89. The van der Waals surface area contributed by atoms with Crippen molar-refractivity contribution in [1.29, 1.82) is 0 Å². The van der Waals surface area contributed by atoms with Gasteiger partial charge < -0.3 is 10.1 Å². The molecule has 17 heavy (non-hydrogen) atoms. The van der Waals surface area contributed by atoms with Crippen LogP contribution in [0.2, 0.25) is 0 Å². The maximum absolute atomic E-state index is 5.98. The molecule has 0 bridgehead atoms. The summed E-state index contributed by atoms with van der Waals surface area (Å²) >= 11 is 0. The predicted molar refractivity (Wildman–Crippen MR) is 71.6 cm³/mol. The van der Waals surface area contributed by atoms with Crippen LogP contribution in [0.4, 0.5) is 0 Å². The third-order valence-electron chi connectivity index (χ3n) is 3.17. The van der Waals surface area contributed by atoms with Gasteiger partial charge in [0, 0.05) is 13.0 Å². The molecule has 0 aliphatic carbocycles. The van der Waals surface area contributed by atoms with E-state index in [-0.39, 0.29) is 18.5 Å². The van der Waals surface area contributed by atoms with Gasteiger partial charge in [0.25, 0.3) is 0 Å². The second kappa shape index (κ2) is 4.57. The number of rotatable bonds is 1. The SMILES string of the molecule is Cc1cc(C)c2c(c1)CC(C1=NCCN1)O2.Cl. The zero-order valence-corrected chi connectivity index (χ0v) is 10.9. The lowest BCUT2D eigenvalue weighted by Gasteiger charge is -2.11. The molecule has 1 aromatic carbocycles. The van der Waals surface area contributed by atoms with Crippen LogP contribution in [-0.2, 0) is 6.42 Å². The maximum atomic E-state index is 5.98. The number of hydrogen-bond donors (Lipinski definition) is 1. The molecule has 2 heterocycles. The molecule has 2 aliphatic heterocycles. The van der Waals surface area contributed by atoms with E-state index in [1.165, 1.54) is 16.7 Å². The average molecular weight is 253 g/mol. The Morgan fingerprint density at radius 1 is 1.35 bits per heavy atom. The van der Waals surface area contributed by atoms with E-state index < -0.39 is 0 Å². The van der Waals surface area contributed by atoms with Gasteiger partial charge in [-0.05, 0) is 25.0 Å². The second-order valence-electron chi connectivity index (χ2n) is 4.57. The largest absolute Gasteiger partial charge is 0.482 e. The quantitative estimate of drug-likeness (QED) is 0.830. The minimum Gasteiger partial charge on any atom is -0.482 e. The Balaban J connectivity index is 0.00000108. The molecule has 3 nitrogen and oxygen atoms in total. The van der Waals surface area contributed by atoms with Gasteiger partial charge in [-0.25, -0.2) is 0 Å². The first-order valence-electron chi connectivity index (χ1n) is 5.79. The van der Waals surface area contributed by atoms with E-state index in [1.807, 2.05) is 0 Å². The molecular weight excluding hydrogens is 236 g/mol. The maximum Gasteiger partial charge on any atom is 0.159 e. The van der Waals surface area contributed by atoms with Crippen LogP contribution >= 0.6 is 12.4 Å². The van der Waals surface area contributed by atoms with E-state index in [9.17, 15) is 0 Å². The van der Waals surface area contributed by atoms with Crippen molar-refractivity contribution in [3.05, 3.63) is 28.8 Å². The van der Waals surface area contributed by atoms with Gasteiger partial charge in [0.2, 0.25) is 0 Å². The molecule has 2 aliphatic rings. The first kappa shape index (κ1) is 12.2. The minimum absolute atomic E-state index is 0. The van der Waals surface area contributed by atoms with Gasteiger partial charge in [-0.3, -0.25) is 4.99 Å². The van der Waals surface area contributed by atoms with Crippen LogP contribution in [0.1, 0.15) is 16.7 Å². The molecule has 0 saturated carbocycles. The molecule has 0 radical (unpaired) electrons. The summed E-state index contributed by atoms with van der Waals surface area (Å²) in [6.45, 7) is 6.07. The van der Waals surface area contributed by atoms with E-state index in [0.29, 0.717) is 0 Å². The smallest absolute Gasteiger partial charge is 0.159 e. The van der Waals surface area contributed by atoms with Crippen LogP contribution in [0.25, 0.3) is 0 Å². The fraction of sp³-hybridized carbons (Fsp3) is 0.462. The Morgan fingerprint density at radius 2 is 2.18 bits per heavy atom. The highest BCUT2D eigenvalue weighted by atomic mass is 35.5. The van der Waals surface area contributed by atoms with Gasteiger partial charge in [0.1, 0.15) is 11.6 Å². The first-order chi connectivity index (χ1) is 7.74. The summed E-state index contributed by atoms with van der Waals surface area (Å²) in [5.74, 6) is 2.08. The van der Waals surface area contributed by atoms with Crippen LogP contribution in [0, 0.1) is 13.8 Å². The van der Waals surface area contributed by atoms with Crippen LogP contribution in [0.5, 0.6) is 5.75 Å². The van der Waals surface area contributed by atoms with E-state index in [1.54, 1.807) is 0 Å². The summed E-state index contributed by atoms with van der Waals surface area (Å²) in [5.41, 5.74) is 3.86. The second-order valence-corrected chi connectivity index (χ2v) is 4.57. The molecule has 1 atom stereocenters. The lowest BCUT2D eigenvalue weighted by molar-refractivity contribution is 0.296. The number of fused-ring (bicyclic) bond motifs is 1. The van der Waals surface area contributed by atoms with Gasteiger partial charge in [-0.15, -0.1) is 12.4 Å². The third-order valence-corrected chi connectivity index (χ3v) is 3.17. The molecule has 0 saturated heterocycles. The predicted octanol–water partition coefficient (Wildman–Crippen LogP) is 2.03. The Morgan fingerprint density at radius 3 is 2.88 bits per heavy atom. The topological polar surface area (TPSA) is 33.6 Å². The monoisotopic (exact) mass is 252 g/mol. The molecule has 0 aromatic heterocycles. The molecule has 0 spiro atoms. The lowest BCUT2D eigenvalue weighted by atomic mass is 10.0. The summed E-state index contributed by atoms with van der Waals surface area (Å²) in [6.07, 6.45) is 1.06. The number of amidine groups is 1. The molecule has 0 fully saturated rings. The molecule has 1 aromatic rings. The van der Waals surface area contributed by atoms with Crippen LogP contribution in [-0.4, -0.2) is 25.0 Å². The number of hydrogen-bond acceptors (Lipinski definition) is 3. The Bertz CT molecular complexity index is 471. The summed E-state index contributed by atoms with van der Waals surface area (Å²) < 4.78 is 5.98. The van der Waals surface area contributed by atoms with Crippen LogP contribution in [0.3, 0.4) is 0 Å². The van der Waals surface area contributed by atoms with Gasteiger partial charge in [0.05, 0.1) is 6.54 Å². The van der Waals surface area contributed by atoms with Gasteiger partial charge >= 0.3 is 0 Å². The average Bonchev–Trinajstić information content (AvgIpc) is 2.82. The Hall–Kier alpha value is -1.22. The number of benzene rings is 1. The molecule has 0 amide bonds. The van der Waals surface area contributed by atoms with Crippen molar-refractivity contribution in [3.63, 3.8) is 0 Å². The number of halogens is 1. The number of nitrogens with zero attached hydrogens (tertiary/aromatic N) is 1. The highest BCUT2D eigenvalue weighted by Gasteiger charge is 2.29. The summed E-state index contributed by atoms with van der Waals surface area (Å²) in [4.78, 5) is 4.43. The van der Waals surface area contributed by atoms with Crippen molar-refractivity contribution in [1.82, 2.24) is 5.32 Å². The number of ether oxygens (including phenoxy) is 1. The van der Waals surface area contributed by atoms with Crippen molar-refractivity contribution in [3.8, 4) is 5.75 Å². The first-order valence-corrected chi connectivity index (χ1v) is 5.79. The number of aliphatic imine (C=N–C) groups is 1. The minimum atomic E-state index is 0. The molecule has 1 unspecified atom stereocenters. The van der Waals surface area contributed by atoms with Crippen LogP contribution < -0.4 is 10.1 Å². The van der Waals surface area contributed by atoms with Crippen LogP contribution in [0.15, 0.2) is 17.1 Å². The fourth-order valence-electron chi connectivity index (χ4n) is 2.53. The normalized spacial score (nSPS) is 21.1. The van der Waals surface area contributed by atoms with Gasteiger partial charge in [-0.1, -0.05) is 17.7 Å². The zero-order chi connectivity index (χ0) is 11.1. The lowest BCUT2D eigenvalue weighted by Crippen LogP contribution is -2.34. The molecule has 92 valence electrons. The van der Waals surface area contributed by atoms with Crippen molar-refractivity contribution in [2.75, 3.05) is 13.1 Å². The molecular formula is C13H17ClN2O. The summed E-state index contributed by atoms with van der Waals surface area (Å²) in [5, 5.41) is 3.29. The fourth-order valence-corrected chi connectivity index (χ4v) is 2.53. The van der Waals surface area contributed by atoms with E-state index in [2.05, 4.69) is 36.3 Å². The van der Waals surface area contributed by atoms with Crippen molar-refractivity contribution >= 4 is 18.2 Å². The third kappa shape index (κ3) is 2.12. The Kier molecular flexibility index (Phi) is 3.29. The van der Waals surface area contributed by atoms with Crippen molar-refractivity contribution in [2.45, 2.75) is 26.4 Å².